The normalized spacial score (nSPS) is 14.9. The second-order valence-electron chi connectivity index (χ2n) is 15.4. The maximum Gasteiger partial charge on any atom is 0.472 e. The number of likely N-dealkylation sites (N-methyl/N-ethyl adjacent to an activating group) is 1. The maximum absolute atomic E-state index is 12.7. The lowest BCUT2D eigenvalue weighted by Crippen LogP contribution is -2.45. The summed E-state index contributed by atoms with van der Waals surface area (Å²) in [4.78, 5) is 22.9. The molecule has 0 radical (unpaired) electrons. The maximum atomic E-state index is 12.7. The van der Waals surface area contributed by atoms with Crippen molar-refractivity contribution >= 4 is 13.7 Å². The Labute approximate surface area is 315 Å². The molecule has 0 fully saturated rings. The minimum atomic E-state index is -4.34. The molecule has 3 unspecified atom stereocenters. The Kier molecular flexibility index (Phi) is 33.6. The molecule has 0 aromatic rings. The van der Waals surface area contributed by atoms with Gasteiger partial charge in [-0.25, -0.2) is 4.57 Å². The Morgan fingerprint density at radius 3 is 1.59 bits per heavy atom. The third-order valence-electron chi connectivity index (χ3n) is 9.08. The molecular weight excluding hydrogens is 659 g/mol. The molecule has 51 heavy (non-hydrogen) atoms. The molecule has 9 heteroatoms. The fourth-order valence-electron chi connectivity index (χ4n) is 5.71. The fourth-order valence-corrected chi connectivity index (χ4v) is 6.44. The fraction of sp³-hybridized carbons (Fsp3) is 0.833. The molecule has 0 spiro atoms. The number of quaternary nitrogens is 1. The van der Waals surface area contributed by atoms with E-state index in [0.29, 0.717) is 23.9 Å². The molecule has 8 nitrogen and oxygen atoms in total. The van der Waals surface area contributed by atoms with Gasteiger partial charge in [0.05, 0.1) is 39.9 Å². The average molecular weight is 742 g/mol. The number of nitrogens with zero attached hydrogens (tertiary/aromatic N) is 1. The van der Waals surface area contributed by atoms with Crippen LogP contribution in [-0.4, -0.2) is 73.4 Å². The van der Waals surface area contributed by atoms with Gasteiger partial charge in [-0.3, -0.25) is 13.8 Å². The molecule has 0 saturated carbocycles. The van der Waals surface area contributed by atoms with E-state index in [2.05, 4.69) is 43.5 Å². The van der Waals surface area contributed by atoms with Gasteiger partial charge in [0.1, 0.15) is 13.2 Å². The zero-order valence-corrected chi connectivity index (χ0v) is 34.7. The van der Waals surface area contributed by atoms with E-state index in [9.17, 15) is 19.4 Å². The number of unbranched alkanes of at least 4 members (excludes halogenated alkanes) is 20. The highest BCUT2D eigenvalue weighted by molar-refractivity contribution is 7.47. The van der Waals surface area contributed by atoms with Crippen molar-refractivity contribution < 1.29 is 32.9 Å². The molecule has 0 bridgehead atoms. The molecule has 0 aromatic heterocycles. The Morgan fingerprint density at radius 1 is 0.647 bits per heavy atom. The van der Waals surface area contributed by atoms with Crippen LogP contribution in [0.25, 0.3) is 0 Å². The van der Waals surface area contributed by atoms with E-state index < -0.39 is 20.0 Å². The Morgan fingerprint density at radius 2 is 1.08 bits per heavy atom. The third kappa shape index (κ3) is 36.9. The van der Waals surface area contributed by atoms with E-state index in [4.69, 9.17) is 9.05 Å². The van der Waals surface area contributed by atoms with Crippen molar-refractivity contribution in [2.45, 2.75) is 187 Å². The van der Waals surface area contributed by atoms with Gasteiger partial charge >= 0.3 is 7.82 Å². The van der Waals surface area contributed by atoms with E-state index in [1.165, 1.54) is 116 Å². The summed E-state index contributed by atoms with van der Waals surface area (Å²) in [5.41, 5.74) is 0. The van der Waals surface area contributed by atoms with Gasteiger partial charge in [-0.1, -0.05) is 153 Å². The van der Waals surface area contributed by atoms with Crippen LogP contribution in [0.5, 0.6) is 0 Å². The number of phosphoric acid groups is 1. The van der Waals surface area contributed by atoms with Gasteiger partial charge in [0.15, 0.2) is 0 Å². The summed E-state index contributed by atoms with van der Waals surface area (Å²) in [5.74, 6) is -0.224. The molecular formula is C42H82N2O6P+. The third-order valence-corrected chi connectivity index (χ3v) is 10.1. The number of allylic oxidation sites excluding steroid dienone is 5. The van der Waals surface area contributed by atoms with Crippen molar-refractivity contribution in [2.24, 2.45) is 0 Å². The van der Waals surface area contributed by atoms with Gasteiger partial charge in [-0.15, -0.1) is 0 Å². The first-order valence-corrected chi connectivity index (χ1v) is 22.4. The Bertz CT molecular complexity index is 933. The van der Waals surface area contributed by atoms with Crippen LogP contribution in [0, 0.1) is 0 Å². The van der Waals surface area contributed by atoms with E-state index in [1.54, 1.807) is 6.08 Å². The first-order chi connectivity index (χ1) is 24.5. The van der Waals surface area contributed by atoms with Gasteiger partial charge in [0.2, 0.25) is 5.91 Å². The summed E-state index contributed by atoms with van der Waals surface area (Å²) in [6.45, 7) is 4.72. The minimum Gasteiger partial charge on any atom is -0.387 e. The highest BCUT2D eigenvalue weighted by Gasteiger charge is 2.27. The Hall–Kier alpha value is -1.28. The molecule has 0 aliphatic rings. The molecule has 0 aliphatic heterocycles. The molecule has 0 aliphatic carbocycles. The number of aliphatic hydroxyl groups excluding tert-OH is 1. The predicted octanol–water partition coefficient (Wildman–Crippen LogP) is 11.1. The van der Waals surface area contributed by atoms with E-state index in [1.807, 2.05) is 27.2 Å². The van der Waals surface area contributed by atoms with Crippen LogP contribution in [0.1, 0.15) is 174 Å². The Balaban J connectivity index is 4.45. The highest BCUT2D eigenvalue weighted by Crippen LogP contribution is 2.43. The standard InChI is InChI=1S/C42H81N2O6P/c1-6-8-10-12-14-16-17-18-19-20-21-22-23-24-25-26-28-29-31-33-35-41(45)40(39-50-51(47,48)49-38-37-44(3,4)5)43-42(46)36-34-32-30-27-15-13-11-9-7-2/h26-28,30,33,35,40-41,45H,6-25,29,31-32,34,36-39H2,1-5H3,(H-,43,46,47,48)/p+1/b28-26+,30-27-,35-33+. The second kappa shape index (κ2) is 34.5. The smallest absolute Gasteiger partial charge is 0.387 e. The first-order valence-electron chi connectivity index (χ1n) is 20.9. The summed E-state index contributed by atoms with van der Waals surface area (Å²) in [6.07, 6.45) is 40.9. The molecule has 0 rings (SSSR count). The van der Waals surface area contributed by atoms with Crippen LogP contribution in [0.2, 0.25) is 0 Å². The summed E-state index contributed by atoms with van der Waals surface area (Å²) in [6, 6.07) is -0.874. The summed E-state index contributed by atoms with van der Waals surface area (Å²) >= 11 is 0. The van der Waals surface area contributed by atoms with Crippen molar-refractivity contribution in [1.82, 2.24) is 5.32 Å². The monoisotopic (exact) mass is 742 g/mol. The number of hydrogen-bond acceptors (Lipinski definition) is 5. The van der Waals surface area contributed by atoms with E-state index in [0.717, 1.165) is 32.1 Å². The molecule has 300 valence electrons. The molecule has 3 atom stereocenters. The number of nitrogens with one attached hydrogen (secondary N) is 1. The van der Waals surface area contributed by atoms with Crippen LogP contribution in [0.15, 0.2) is 36.5 Å². The number of rotatable bonds is 37. The van der Waals surface area contributed by atoms with E-state index >= 15 is 0 Å². The topological polar surface area (TPSA) is 105 Å². The lowest BCUT2D eigenvalue weighted by atomic mass is 10.0. The lowest BCUT2D eigenvalue weighted by Gasteiger charge is -2.25. The van der Waals surface area contributed by atoms with Crippen LogP contribution in [0.4, 0.5) is 0 Å². The summed E-state index contributed by atoms with van der Waals surface area (Å²) in [7, 11) is 1.54. The first kappa shape index (κ1) is 49.7. The van der Waals surface area contributed by atoms with Crippen molar-refractivity contribution in [1.29, 1.82) is 0 Å². The van der Waals surface area contributed by atoms with Gasteiger partial charge in [0, 0.05) is 6.42 Å². The summed E-state index contributed by atoms with van der Waals surface area (Å²) in [5, 5.41) is 13.7. The number of hydrogen-bond donors (Lipinski definition) is 3. The van der Waals surface area contributed by atoms with E-state index in [-0.39, 0.29) is 19.1 Å². The SMILES string of the molecule is CCCCCC/C=C\CCCC(=O)NC(COP(=O)(O)OCC[N+](C)(C)C)C(O)/C=C/CC/C=C/CCCCCCCCCCCCCCCC. The highest BCUT2D eigenvalue weighted by atomic mass is 31.2. The molecule has 1 amide bonds. The number of carbonyl (C=O) groups is 1. The van der Waals surface area contributed by atoms with Crippen molar-refractivity contribution in [3.63, 3.8) is 0 Å². The van der Waals surface area contributed by atoms with Gasteiger partial charge in [0.25, 0.3) is 0 Å². The number of carbonyl (C=O) groups excluding carboxylic acids is 1. The number of phosphoric ester groups is 1. The number of amides is 1. The van der Waals surface area contributed by atoms with Crippen LogP contribution < -0.4 is 5.32 Å². The van der Waals surface area contributed by atoms with Crippen LogP contribution in [-0.2, 0) is 18.4 Å². The van der Waals surface area contributed by atoms with Crippen molar-refractivity contribution in [3.05, 3.63) is 36.5 Å². The van der Waals surface area contributed by atoms with Crippen molar-refractivity contribution in [3.8, 4) is 0 Å². The van der Waals surface area contributed by atoms with Crippen LogP contribution >= 0.6 is 7.82 Å². The van der Waals surface area contributed by atoms with Gasteiger partial charge in [-0.2, -0.15) is 0 Å². The quantitative estimate of drug-likeness (QED) is 0.0253. The van der Waals surface area contributed by atoms with Crippen molar-refractivity contribution in [2.75, 3.05) is 40.9 Å². The zero-order chi connectivity index (χ0) is 37.9. The van der Waals surface area contributed by atoms with Crippen LogP contribution in [0.3, 0.4) is 0 Å². The minimum absolute atomic E-state index is 0.0514. The molecule has 0 heterocycles. The van der Waals surface area contributed by atoms with Gasteiger partial charge < -0.3 is 19.8 Å². The number of aliphatic hydroxyl groups is 1. The second-order valence-corrected chi connectivity index (χ2v) is 16.8. The molecule has 3 N–H and O–H groups in total. The predicted molar refractivity (Wildman–Crippen MR) is 217 cm³/mol. The lowest BCUT2D eigenvalue weighted by molar-refractivity contribution is -0.870. The van der Waals surface area contributed by atoms with Gasteiger partial charge in [-0.05, 0) is 51.4 Å². The zero-order valence-electron chi connectivity index (χ0n) is 33.8. The summed E-state index contributed by atoms with van der Waals surface area (Å²) < 4.78 is 23.4. The largest absolute Gasteiger partial charge is 0.472 e. The molecule has 0 aromatic carbocycles. The molecule has 0 saturated heterocycles. The average Bonchev–Trinajstić information content (AvgIpc) is 3.07.